The van der Waals surface area contributed by atoms with Gasteiger partial charge in [-0.3, -0.25) is 9.59 Å². The lowest BCUT2D eigenvalue weighted by atomic mass is 10.1. The van der Waals surface area contributed by atoms with Gasteiger partial charge in [0.2, 0.25) is 0 Å². The fourth-order valence-electron chi connectivity index (χ4n) is 4.52. The molecule has 2 atom stereocenters. The van der Waals surface area contributed by atoms with Crippen LogP contribution in [0.2, 0.25) is 0 Å². The Balaban J connectivity index is 1.32. The van der Waals surface area contributed by atoms with Crippen molar-refractivity contribution in [1.82, 2.24) is 20.0 Å². The number of hydrogen-bond acceptors (Lipinski definition) is 4. The molecule has 4 amide bonds. The number of thiophene rings is 1. The lowest BCUT2D eigenvalue weighted by Gasteiger charge is -2.27. The van der Waals surface area contributed by atoms with E-state index >= 15 is 0 Å². The number of alkyl halides is 6. The summed E-state index contributed by atoms with van der Waals surface area (Å²) in [5, 5.41) is 1.90. The van der Waals surface area contributed by atoms with E-state index in [1.807, 2.05) is 5.32 Å². The van der Waals surface area contributed by atoms with Crippen LogP contribution in [0.1, 0.15) is 28.1 Å². The molecule has 14 heteroatoms. The first-order valence-corrected chi connectivity index (χ1v) is 12.5. The zero-order valence-corrected chi connectivity index (χ0v) is 20.9. The molecule has 2 aliphatic rings. The van der Waals surface area contributed by atoms with Gasteiger partial charge in [-0.25, -0.2) is 4.79 Å². The molecule has 0 radical (unpaired) electrons. The number of amides is 4. The van der Waals surface area contributed by atoms with Gasteiger partial charge in [0.1, 0.15) is 0 Å². The Bertz CT molecular complexity index is 1200. The van der Waals surface area contributed by atoms with Crippen LogP contribution in [0.15, 0.2) is 36.4 Å². The van der Waals surface area contributed by atoms with Gasteiger partial charge in [0.05, 0.1) is 16.5 Å². The molecule has 1 aromatic carbocycles. The highest BCUT2D eigenvalue weighted by molar-refractivity contribution is 7.17. The monoisotopic (exact) mass is 562 g/mol. The smallest absolute Gasteiger partial charge is 0.344 e. The highest BCUT2D eigenvalue weighted by Gasteiger charge is 2.42. The summed E-state index contributed by atoms with van der Waals surface area (Å²) in [6.07, 6.45) is -8.71. The van der Waals surface area contributed by atoms with Crippen LogP contribution in [0.5, 0.6) is 0 Å². The first-order chi connectivity index (χ1) is 17.7. The van der Waals surface area contributed by atoms with Crippen molar-refractivity contribution in [2.24, 2.45) is 0 Å². The fourth-order valence-corrected chi connectivity index (χ4v) is 5.52. The maximum atomic E-state index is 13.1. The lowest BCUT2D eigenvalue weighted by Crippen LogP contribution is -2.47. The molecule has 0 spiro atoms. The van der Waals surface area contributed by atoms with Gasteiger partial charge in [0.15, 0.2) is 0 Å². The lowest BCUT2D eigenvalue weighted by molar-refractivity contribution is -0.174. The molecule has 7 nitrogen and oxygen atoms in total. The van der Waals surface area contributed by atoms with Crippen LogP contribution in [-0.2, 0) is 11.0 Å². The Morgan fingerprint density at radius 2 is 1.55 bits per heavy atom. The van der Waals surface area contributed by atoms with Crippen LogP contribution in [-0.4, -0.2) is 84.0 Å². The van der Waals surface area contributed by atoms with Gasteiger partial charge < -0.3 is 20.0 Å². The third-order valence-electron chi connectivity index (χ3n) is 6.67. The number of rotatable bonds is 4. The number of likely N-dealkylation sites (N-methyl/N-ethyl adjacent to an activating group) is 1. The van der Waals surface area contributed by atoms with E-state index in [9.17, 15) is 40.7 Å². The summed E-state index contributed by atoms with van der Waals surface area (Å²) >= 11 is 1.15. The maximum absolute atomic E-state index is 13.1. The van der Waals surface area contributed by atoms with E-state index in [1.54, 1.807) is 19.2 Å². The summed E-state index contributed by atoms with van der Waals surface area (Å²) < 4.78 is 75.9. The third kappa shape index (κ3) is 6.05. The number of halogens is 6. The minimum Gasteiger partial charge on any atom is -0.344 e. The van der Waals surface area contributed by atoms with Crippen LogP contribution in [0.25, 0.3) is 10.4 Å². The van der Waals surface area contributed by atoms with Gasteiger partial charge in [-0.2, -0.15) is 26.3 Å². The molecule has 2 fully saturated rings. The van der Waals surface area contributed by atoms with Crippen molar-refractivity contribution < 1.29 is 40.7 Å². The van der Waals surface area contributed by atoms with Crippen LogP contribution < -0.4 is 5.32 Å². The van der Waals surface area contributed by atoms with Gasteiger partial charge in [0, 0.05) is 44.1 Å². The van der Waals surface area contributed by atoms with E-state index in [4.69, 9.17) is 0 Å². The zero-order valence-electron chi connectivity index (χ0n) is 20.1. The van der Waals surface area contributed by atoms with E-state index in [-0.39, 0.29) is 44.0 Å². The van der Waals surface area contributed by atoms with Crippen molar-refractivity contribution >= 4 is 29.2 Å². The van der Waals surface area contributed by atoms with Crippen molar-refractivity contribution in [1.29, 1.82) is 0 Å². The summed E-state index contributed by atoms with van der Waals surface area (Å²) in [7, 11) is 1.61. The Hall–Kier alpha value is -3.29. The van der Waals surface area contributed by atoms with Crippen molar-refractivity contribution in [3.63, 3.8) is 0 Å². The van der Waals surface area contributed by atoms with E-state index in [2.05, 4.69) is 0 Å². The Morgan fingerprint density at radius 3 is 2.18 bits per heavy atom. The minimum absolute atomic E-state index is 0.0293. The standard InChI is InChI=1S/C24H24F6N4O3S/c1-32(20(35)19-7-6-18(38-19)14-2-4-15(5-3-14)23(25,26)27)17-9-11-34(13-17)22(37)33-10-8-16(12-33)31-21(36)24(28,29)30/h2-7,16-17H,8-13H2,1H3,(H,31,36)/t16-,17+/m1/s1. The summed E-state index contributed by atoms with van der Waals surface area (Å²) in [5.74, 6) is -2.32. The van der Waals surface area contributed by atoms with E-state index in [1.165, 1.54) is 26.8 Å². The molecule has 0 saturated carbocycles. The molecule has 4 rings (SSSR count). The molecule has 1 N–H and O–H groups in total. The second-order valence-electron chi connectivity index (χ2n) is 9.23. The van der Waals surface area contributed by atoms with Gasteiger partial charge in [-0.05, 0) is 42.7 Å². The highest BCUT2D eigenvalue weighted by atomic mass is 32.1. The molecule has 2 aliphatic heterocycles. The SMILES string of the molecule is CN(C(=O)c1ccc(-c2ccc(C(F)(F)F)cc2)s1)[C@H]1CCN(C(=O)N2CC[C@@H](NC(=O)C(F)(F)F)C2)C1. The van der Waals surface area contributed by atoms with Gasteiger partial charge in [0.25, 0.3) is 5.91 Å². The Kier molecular flexibility index (Phi) is 7.64. The Morgan fingerprint density at radius 1 is 0.921 bits per heavy atom. The van der Waals surface area contributed by atoms with Gasteiger partial charge in [-0.15, -0.1) is 11.3 Å². The van der Waals surface area contributed by atoms with Crippen molar-refractivity contribution in [2.45, 2.75) is 37.3 Å². The highest BCUT2D eigenvalue weighted by Crippen LogP contribution is 2.34. The van der Waals surface area contributed by atoms with E-state index in [0.717, 1.165) is 23.5 Å². The molecule has 0 bridgehead atoms. The predicted octanol–water partition coefficient (Wildman–Crippen LogP) is 4.45. The molecule has 0 aliphatic carbocycles. The van der Waals surface area contributed by atoms with Crippen LogP contribution in [0.3, 0.4) is 0 Å². The largest absolute Gasteiger partial charge is 0.471 e. The summed E-state index contributed by atoms with van der Waals surface area (Å²) in [5.41, 5.74) is -0.206. The van der Waals surface area contributed by atoms with Crippen molar-refractivity contribution in [3.05, 3.63) is 46.8 Å². The second kappa shape index (κ2) is 10.5. The van der Waals surface area contributed by atoms with Crippen LogP contribution in [0.4, 0.5) is 31.1 Å². The molecule has 3 heterocycles. The number of carbonyl (C=O) groups is 3. The topological polar surface area (TPSA) is 73.0 Å². The molecular formula is C24H24F6N4O3S. The van der Waals surface area contributed by atoms with E-state index in [0.29, 0.717) is 28.3 Å². The second-order valence-corrected chi connectivity index (χ2v) is 10.3. The van der Waals surface area contributed by atoms with Gasteiger partial charge in [-0.1, -0.05) is 12.1 Å². The zero-order chi connectivity index (χ0) is 27.8. The average molecular weight is 563 g/mol. The van der Waals surface area contributed by atoms with Crippen molar-refractivity contribution in [3.8, 4) is 10.4 Å². The molecule has 1 aromatic heterocycles. The van der Waals surface area contributed by atoms with Gasteiger partial charge >= 0.3 is 24.3 Å². The number of benzene rings is 1. The molecule has 38 heavy (non-hydrogen) atoms. The normalized spacial score (nSPS) is 20.1. The molecule has 0 unspecified atom stereocenters. The minimum atomic E-state index is -4.99. The summed E-state index contributed by atoms with van der Waals surface area (Å²) in [6.45, 7) is 0.782. The number of nitrogens with one attached hydrogen (secondary N) is 1. The third-order valence-corrected chi connectivity index (χ3v) is 7.79. The number of nitrogens with zero attached hydrogens (tertiary/aromatic N) is 3. The summed E-state index contributed by atoms with van der Waals surface area (Å²) in [6, 6.07) is 6.51. The fraction of sp³-hybridized carbons (Fsp3) is 0.458. The van der Waals surface area contributed by atoms with Crippen LogP contribution in [0, 0.1) is 0 Å². The van der Waals surface area contributed by atoms with Crippen LogP contribution >= 0.6 is 11.3 Å². The predicted molar refractivity (Wildman–Crippen MR) is 126 cm³/mol. The molecule has 2 saturated heterocycles. The number of hydrogen-bond donors (Lipinski definition) is 1. The quantitative estimate of drug-likeness (QED) is 0.560. The number of carbonyl (C=O) groups excluding carboxylic acids is 3. The first-order valence-electron chi connectivity index (χ1n) is 11.7. The average Bonchev–Trinajstić information content (AvgIpc) is 3.62. The van der Waals surface area contributed by atoms with E-state index < -0.39 is 29.9 Å². The first kappa shape index (κ1) is 27.7. The maximum Gasteiger partial charge on any atom is 0.471 e. The molecule has 2 aromatic rings. The summed E-state index contributed by atoms with van der Waals surface area (Å²) in [4.78, 5) is 42.6. The Labute approximate surface area is 218 Å². The number of urea groups is 1. The molecule has 206 valence electrons. The number of likely N-dealkylation sites (tertiary alicyclic amines) is 2. The van der Waals surface area contributed by atoms with Crippen molar-refractivity contribution in [2.75, 3.05) is 33.2 Å². The molecular weight excluding hydrogens is 538 g/mol.